The van der Waals surface area contributed by atoms with Crippen molar-refractivity contribution in [1.82, 2.24) is 0 Å². The van der Waals surface area contributed by atoms with Crippen LogP contribution in [0.4, 0.5) is 0 Å². The van der Waals surface area contributed by atoms with Gasteiger partial charge in [-0.2, -0.15) is 0 Å². The molecule has 0 spiro atoms. The van der Waals surface area contributed by atoms with Gasteiger partial charge in [-0.3, -0.25) is 0 Å². The second-order valence-electron chi connectivity index (χ2n) is 0.897. The molecule has 0 fully saturated rings. The van der Waals surface area contributed by atoms with Gasteiger partial charge in [0, 0.05) is 0 Å². The van der Waals surface area contributed by atoms with Gasteiger partial charge in [0.05, 0.1) is 9.47 Å². The third-order valence-corrected chi connectivity index (χ3v) is 0.673. The van der Waals surface area contributed by atoms with Gasteiger partial charge in [-0.05, 0) is 0 Å². The van der Waals surface area contributed by atoms with Crippen molar-refractivity contribution in [3.8, 4) is 0 Å². The maximum absolute atomic E-state index is 10.0. The number of hydrogen-bond acceptors (Lipinski definition) is 4. The summed E-state index contributed by atoms with van der Waals surface area (Å²) in [5.74, 6) is -2.02. The number of rotatable bonds is 0. The SMILES string of the molecule is BOC(=O)C(=O)OP.[LiH]. The first-order chi connectivity index (χ1) is 3.72. The summed E-state index contributed by atoms with van der Waals surface area (Å²) in [5.41, 5.74) is 0. The van der Waals surface area contributed by atoms with E-state index >= 15 is 0 Å². The predicted molar refractivity (Wildman–Crippen MR) is 37.6 cm³/mol. The quantitative estimate of drug-likeness (QED) is 0.218. The third kappa shape index (κ3) is 4.53. The first-order valence-electron chi connectivity index (χ1n) is 1.71. The van der Waals surface area contributed by atoms with E-state index in [4.69, 9.17) is 0 Å². The average Bonchev–Trinajstić information content (AvgIpc) is 1.84. The number of carbonyl (C=O) groups is 2. The molecule has 0 radical (unpaired) electrons. The molecule has 0 saturated carbocycles. The fourth-order valence-electron chi connectivity index (χ4n) is 0.131. The first kappa shape index (κ1) is 11.8. The Morgan fingerprint density at radius 1 is 1.33 bits per heavy atom. The fourth-order valence-corrected chi connectivity index (χ4v) is 0.228. The zero-order chi connectivity index (χ0) is 6.57. The summed E-state index contributed by atoms with van der Waals surface area (Å²) in [6.07, 6.45) is 0. The summed E-state index contributed by atoms with van der Waals surface area (Å²) in [7, 11) is 2.74. The molecular formula is C2H5BLiO4P. The zero-order valence-electron chi connectivity index (χ0n) is 4.21. The van der Waals surface area contributed by atoms with Crippen molar-refractivity contribution in [2.45, 2.75) is 0 Å². The Balaban J connectivity index is 0. The van der Waals surface area contributed by atoms with Crippen molar-refractivity contribution < 1.29 is 18.8 Å². The molecule has 0 heterocycles. The molecule has 0 aliphatic rings. The topological polar surface area (TPSA) is 52.6 Å². The van der Waals surface area contributed by atoms with Gasteiger partial charge in [0.25, 0.3) is 0 Å². The molecule has 0 rings (SSSR count). The first-order valence-corrected chi connectivity index (χ1v) is 2.18. The van der Waals surface area contributed by atoms with Gasteiger partial charge in [0.1, 0.15) is 0 Å². The van der Waals surface area contributed by atoms with Crippen LogP contribution in [-0.4, -0.2) is 38.8 Å². The van der Waals surface area contributed by atoms with Crippen molar-refractivity contribution in [2.24, 2.45) is 0 Å². The van der Waals surface area contributed by atoms with Gasteiger partial charge in [-0.25, -0.2) is 9.59 Å². The Morgan fingerprint density at radius 3 is 1.89 bits per heavy atom. The predicted octanol–water partition coefficient (Wildman–Crippen LogP) is -2.24. The van der Waals surface area contributed by atoms with Crippen LogP contribution in [0.25, 0.3) is 0 Å². The van der Waals surface area contributed by atoms with Crippen LogP contribution in [0.1, 0.15) is 0 Å². The second kappa shape index (κ2) is 6.16. The van der Waals surface area contributed by atoms with E-state index < -0.39 is 11.9 Å². The summed E-state index contributed by atoms with van der Waals surface area (Å²) >= 11 is 0. The Bertz CT molecular complexity index is 103. The van der Waals surface area contributed by atoms with Gasteiger partial charge in [-0.1, -0.05) is 0 Å². The van der Waals surface area contributed by atoms with Gasteiger partial charge in [0.15, 0.2) is 0 Å². The van der Waals surface area contributed by atoms with E-state index in [1.165, 1.54) is 0 Å². The molecule has 0 bridgehead atoms. The molecule has 0 N–H and O–H groups in total. The molecular weight excluding hydrogens is 137 g/mol. The Hall–Kier alpha value is 0.0323. The van der Waals surface area contributed by atoms with Crippen LogP contribution in [0.3, 0.4) is 0 Å². The minimum atomic E-state index is -1.02. The van der Waals surface area contributed by atoms with Crippen molar-refractivity contribution in [2.75, 3.05) is 0 Å². The van der Waals surface area contributed by atoms with E-state index in [1.54, 1.807) is 9.47 Å². The summed E-state index contributed by atoms with van der Waals surface area (Å²) in [6, 6.07) is 0. The van der Waals surface area contributed by atoms with E-state index in [2.05, 4.69) is 9.18 Å². The summed E-state index contributed by atoms with van der Waals surface area (Å²) in [4.78, 5) is 20.1. The van der Waals surface area contributed by atoms with Crippen molar-refractivity contribution in [3.05, 3.63) is 0 Å². The Morgan fingerprint density at radius 2 is 1.78 bits per heavy atom. The molecule has 9 heavy (non-hydrogen) atoms. The molecule has 0 aromatic rings. The summed E-state index contributed by atoms with van der Waals surface area (Å²) in [6.45, 7) is 0. The average molecular weight is 142 g/mol. The van der Waals surface area contributed by atoms with Crippen molar-refractivity contribution in [1.29, 1.82) is 0 Å². The second-order valence-corrected chi connectivity index (χ2v) is 1.13. The molecule has 0 aromatic heterocycles. The van der Waals surface area contributed by atoms with Crippen LogP contribution < -0.4 is 0 Å². The van der Waals surface area contributed by atoms with Gasteiger partial charge in [0.2, 0.25) is 0 Å². The Labute approximate surface area is 67.6 Å². The monoisotopic (exact) mass is 142 g/mol. The molecule has 0 aliphatic heterocycles. The van der Waals surface area contributed by atoms with Crippen molar-refractivity contribution >= 4 is 48.3 Å². The van der Waals surface area contributed by atoms with E-state index in [9.17, 15) is 9.59 Å². The number of carbonyl (C=O) groups excluding carboxylic acids is 2. The van der Waals surface area contributed by atoms with Gasteiger partial charge in [-0.15, -0.1) is 0 Å². The molecule has 4 nitrogen and oxygen atoms in total. The van der Waals surface area contributed by atoms with Gasteiger partial charge < -0.3 is 9.18 Å². The number of hydrogen-bond donors (Lipinski definition) is 0. The normalized spacial score (nSPS) is 6.78. The standard InChI is InChI=1S/C2H4BO4P.Li.H/c3-6-1(4)2(5)7-8;;/h3,8H2;;. The molecule has 7 heteroatoms. The molecule has 1 atom stereocenters. The Kier molecular flexibility index (Phi) is 8.06. The zero-order valence-corrected chi connectivity index (χ0v) is 5.37. The molecule has 0 aromatic carbocycles. The van der Waals surface area contributed by atoms with Crippen LogP contribution in [0.2, 0.25) is 0 Å². The third-order valence-electron chi connectivity index (χ3n) is 0.459. The summed E-state index contributed by atoms with van der Waals surface area (Å²) in [5, 5.41) is 0. The van der Waals surface area contributed by atoms with Crippen LogP contribution in [0.5, 0.6) is 0 Å². The fraction of sp³-hybridized carbons (Fsp3) is 0. The van der Waals surface area contributed by atoms with E-state index in [-0.39, 0.29) is 18.9 Å². The molecule has 0 aliphatic carbocycles. The molecule has 0 amide bonds. The van der Waals surface area contributed by atoms with Crippen LogP contribution >= 0.6 is 9.47 Å². The van der Waals surface area contributed by atoms with Crippen molar-refractivity contribution in [3.63, 3.8) is 0 Å². The van der Waals surface area contributed by atoms with Crippen LogP contribution in [-0.2, 0) is 18.8 Å². The van der Waals surface area contributed by atoms with Crippen LogP contribution in [0.15, 0.2) is 0 Å². The van der Waals surface area contributed by atoms with Gasteiger partial charge >= 0.3 is 38.8 Å². The van der Waals surface area contributed by atoms with Crippen LogP contribution in [0, 0.1) is 0 Å². The van der Waals surface area contributed by atoms with E-state index in [0.29, 0.717) is 0 Å². The minimum absolute atomic E-state index is 0. The van der Waals surface area contributed by atoms with E-state index in [1.807, 2.05) is 0 Å². The molecule has 46 valence electrons. The maximum atomic E-state index is 10.0. The molecule has 1 unspecified atom stereocenters. The summed E-state index contributed by atoms with van der Waals surface area (Å²) < 4.78 is 7.88. The molecule has 0 saturated heterocycles. The van der Waals surface area contributed by atoms with E-state index in [0.717, 1.165) is 8.05 Å².